The van der Waals surface area contributed by atoms with Gasteiger partial charge in [0.2, 0.25) is 5.78 Å². The van der Waals surface area contributed by atoms with Gasteiger partial charge >= 0.3 is 0 Å². The number of rotatable bonds is 2. The third kappa shape index (κ3) is 5.81. The first-order chi connectivity index (χ1) is 20.2. The van der Waals surface area contributed by atoms with Gasteiger partial charge in [-0.05, 0) is 43.2 Å². The minimum absolute atomic E-state index is 0.0440. The third-order valence-electron chi connectivity index (χ3n) is 7.39. The van der Waals surface area contributed by atoms with Crippen LogP contribution in [0.1, 0.15) is 48.5 Å². The Morgan fingerprint density at radius 2 is 1.36 bits per heavy atom. The van der Waals surface area contributed by atoms with E-state index < -0.39 is 17.6 Å². The number of nitrogens with zero attached hydrogens (tertiary/aromatic N) is 1. The largest absolute Gasteiger partial charge is 0.508 e. The standard InChI is InChI=1S/C31H30ClN3O7/c1-17-13-22(36)21(18(2)29(17)32)14-35-11-9-33-25(37)15-41-23-7-3-5-19-27(23)31(40)28-20(30(19)39)6-4-8-24(28)42-16-26(38)34-10-12-35/h3-8,13,36H,9-12,14-16H2,1-2H3,(H,33,37)(H,34,38). The van der Waals surface area contributed by atoms with Crippen molar-refractivity contribution in [1.29, 1.82) is 0 Å². The predicted molar refractivity (Wildman–Crippen MR) is 155 cm³/mol. The number of aromatic hydroxyl groups is 1. The van der Waals surface area contributed by atoms with Crippen LogP contribution in [0.4, 0.5) is 0 Å². The molecular weight excluding hydrogens is 562 g/mol. The number of aryl methyl sites for hydroxylation is 1. The molecule has 2 aliphatic rings. The lowest BCUT2D eigenvalue weighted by molar-refractivity contribution is -0.123. The Morgan fingerprint density at radius 3 is 1.88 bits per heavy atom. The quantitative estimate of drug-likeness (QED) is 0.324. The van der Waals surface area contributed by atoms with Gasteiger partial charge in [0.15, 0.2) is 19.0 Å². The van der Waals surface area contributed by atoms with Gasteiger partial charge in [-0.3, -0.25) is 24.1 Å². The summed E-state index contributed by atoms with van der Waals surface area (Å²) in [5.74, 6) is -1.38. The van der Waals surface area contributed by atoms with Crippen molar-refractivity contribution in [3.63, 3.8) is 0 Å². The van der Waals surface area contributed by atoms with E-state index in [9.17, 15) is 24.3 Å². The molecule has 2 amide bonds. The van der Waals surface area contributed by atoms with E-state index in [1.807, 2.05) is 18.7 Å². The zero-order valence-electron chi connectivity index (χ0n) is 23.2. The van der Waals surface area contributed by atoms with Gasteiger partial charge in [-0.1, -0.05) is 35.9 Å². The van der Waals surface area contributed by atoms with Crippen molar-refractivity contribution in [1.82, 2.24) is 15.5 Å². The van der Waals surface area contributed by atoms with Gasteiger partial charge in [0.1, 0.15) is 17.2 Å². The van der Waals surface area contributed by atoms with Gasteiger partial charge < -0.3 is 25.2 Å². The van der Waals surface area contributed by atoms with Crippen molar-refractivity contribution >= 4 is 35.0 Å². The molecule has 3 N–H and O–H groups in total. The number of phenols is 1. The van der Waals surface area contributed by atoms with E-state index in [1.54, 1.807) is 18.2 Å². The van der Waals surface area contributed by atoms with E-state index in [2.05, 4.69) is 10.6 Å². The zero-order valence-corrected chi connectivity index (χ0v) is 24.0. The van der Waals surface area contributed by atoms with Crippen LogP contribution in [0.5, 0.6) is 17.2 Å². The number of ketones is 2. The molecule has 11 heteroatoms. The van der Waals surface area contributed by atoms with Gasteiger partial charge in [0, 0.05) is 54.4 Å². The number of halogens is 1. The van der Waals surface area contributed by atoms with Crippen LogP contribution >= 0.6 is 11.6 Å². The fourth-order valence-corrected chi connectivity index (χ4v) is 5.35. The van der Waals surface area contributed by atoms with E-state index in [0.717, 1.165) is 11.1 Å². The molecule has 10 nitrogen and oxygen atoms in total. The normalized spacial score (nSPS) is 16.5. The maximum absolute atomic E-state index is 13.6. The minimum Gasteiger partial charge on any atom is -0.508 e. The Balaban J connectivity index is 1.41. The molecule has 0 fully saturated rings. The lowest BCUT2D eigenvalue weighted by Crippen LogP contribution is -2.41. The summed E-state index contributed by atoms with van der Waals surface area (Å²) in [6.45, 7) is 4.54. The van der Waals surface area contributed by atoms with Crippen LogP contribution in [0.2, 0.25) is 5.02 Å². The van der Waals surface area contributed by atoms with Gasteiger partial charge in [-0.2, -0.15) is 0 Å². The molecule has 3 aromatic carbocycles. The van der Waals surface area contributed by atoms with Crippen molar-refractivity contribution in [3.05, 3.63) is 86.4 Å². The summed E-state index contributed by atoms with van der Waals surface area (Å²) >= 11 is 6.43. The van der Waals surface area contributed by atoms with Crippen molar-refractivity contribution in [2.75, 3.05) is 39.4 Å². The number of amides is 2. The van der Waals surface area contributed by atoms with Crippen LogP contribution in [-0.4, -0.2) is 72.8 Å². The third-order valence-corrected chi connectivity index (χ3v) is 7.97. The zero-order chi connectivity index (χ0) is 30.0. The van der Waals surface area contributed by atoms with E-state index in [-0.39, 0.29) is 71.6 Å². The summed E-state index contributed by atoms with van der Waals surface area (Å²) in [6, 6.07) is 10.9. The number of carbonyl (C=O) groups excluding carboxylic acids is 4. The fourth-order valence-electron chi connectivity index (χ4n) is 5.18. The molecule has 0 radical (unpaired) electrons. The molecule has 2 bridgehead atoms. The van der Waals surface area contributed by atoms with Gasteiger partial charge in [0.25, 0.3) is 11.8 Å². The van der Waals surface area contributed by atoms with Crippen LogP contribution in [-0.2, 0) is 16.1 Å². The van der Waals surface area contributed by atoms with Gasteiger partial charge in [-0.15, -0.1) is 0 Å². The van der Waals surface area contributed by atoms with E-state index >= 15 is 0 Å². The molecule has 5 rings (SSSR count). The number of nitrogens with one attached hydrogen (secondary N) is 2. The Labute approximate surface area is 247 Å². The SMILES string of the molecule is Cc1cc(O)c(CN2CCNC(=O)COc3cccc4c3C(=O)c3c(cccc3C4=O)OCC(=O)NCC2)c(C)c1Cl. The summed E-state index contributed by atoms with van der Waals surface area (Å²) in [6.07, 6.45) is 0. The number of carbonyl (C=O) groups is 4. The predicted octanol–water partition coefficient (Wildman–Crippen LogP) is 2.94. The maximum Gasteiger partial charge on any atom is 0.257 e. The number of phenolic OH excluding ortho intramolecular Hbond substituents is 1. The molecular formula is C31H30ClN3O7. The first-order valence-electron chi connectivity index (χ1n) is 13.5. The molecule has 42 heavy (non-hydrogen) atoms. The smallest absolute Gasteiger partial charge is 0.257 e. The number of benzene rings is 3. The Morgan fingerprint density at radius 1 is 0.833 bits per heavy atom. The molecule has 3 aromatic rings. The Hall–Kier alpha value is -4.41. The van der Waals surface area contributed by atoms with Crippen molar-refractivity contribution < 1.29 is 33.8 Å². The summed E-state index contributed by atoms with van der Waals surface area (Å²) in [4.78, 5) is 54.2. The van der Waals surface area contributed by atoms with Crippen molar-refractivity contribution in [3.8, 4) is 17.2 Å². The highest BCUT2D eigenvalue weighted by atomic mass is 35.5. The summed E-state index contributed by atoms with van der Waals surface area (Å²) < 4.78 is 11.5. The molecule has 1 aliphatic carbocycles. The summed E-state index contributed by atoms with van der Waals surface area (Å²) in [7, 11) is 0. The lowest BCUT2D eigenvalue weighted by Gasteiger charge is -2.25. The second kappa shape index (κ2) is 12.2. The number of hydrogen-bond donors (Lipinski definition) is 3. The molecule has 1 aliphatic heterocycles. The monoisotopic (exact) mass is 591 g/mol. The van der Waals surface area contributed by atoms with Crippen LogP contribution in [0.25, 0.3) is 0 Å². The number of hydrogen-bond acceptors (Lipinski definition) is 8. The van der Waals surface area contributed by atoms with Crippen molar-refractivity contribution in [2.24, 2.45) is 0 Å². The molecule has 0 aromatic heterocycles. The van der Waals surface area contributed by atoms with Crippen molar-refractivity contribution in [2.45, 2.75) is 20.4 Å². The van der Waals surface area contributed by atoms with E-state index in [1.165, 1.54) is 24.3 Å². The van der Waals surface area contributed by atoms with Crippen LogP contribution in [0.15, 0.2) is 42.5 Å². The highest BCUT2D eigenvalue weighted by molar-refractivity contribution is 6.32. The fraction of sp³-hybridized carbons (Fsp3) is 0.290. The molecule has 0 saturated carbocycles. The van der Waals surface area contributed by atoms with Gasteiger partial charge in [0.05, 0.1) is 11.1 Å². The van der Waals surface area contributed by atoms with Crippen LogP contribution in [0.3, 0.4) is 0 Å². The second-order valence-electron chi connectivity index (χ2n) is 10.2. The van der Waals surface area contributed by atoms with Crippen LogP contribution in [0, 0.1) is 13.8 Å². The average molecular weight is 592 g/mol. The first-order valence-corrected chi connectivity index (χ1v) is 13.9. The van der Waals surface area contributed by atoms with Crippen LogP contribution < -0.4 is 20.1 Å². The Kier molecular flexibility index (Phi) is 8.46. The van der Waals surface area contributed by atoms with E-state index in [4.69, 9.17) is 21.1 Å². The second-order valence-corrected chi connectivity index (χ2v) is 10.6. The molecule has 218 valence electrons. The highest BCUT2D eigenvalue weighted by Gasteiger charge is 2.35. The molecule has 0 unspecified atom stereocenters. The van der Waals surface area contributed by atoms with Gasteiger partial charge in [-0.25, -0.2) is 0 Å². The summed E-state index contributed by atoms with van der Waals surface area (Å²) in [5, 5.41) is 16.8. The van der Waals surface area contributed by atoms with E-state index in [0.29, 0.717) is 30.2 Å². The number of ether oxygens (including phenoxy) is 2. The molecule has 0 saturated heterocycles. The lowest BCUT2D eigenvalue weighted by atomic mass is 9.83. The highest BCUT2D eigenvalue weighted by Crippen LogP contribution is 2.37. The first kappa shape index (κ1) is 29.1. The molecule has 0 atom stereocenters. The summed E-state index contributed by atoms with van der Waals surface area (Å²) in [5.41, 5.74) is 2.60. The topological polar surface area (TPSA) is 134 Å². The molecule has 0 spiro atoms. The average Bonchev–Trinajstić information content (AvgIpc) is 2.97. The molecule has 1 heterocycles. The maximum atomic E-state index is 13.6. The minimum atomic E-state index is -0.488. The Bertz CT molecular complexity index is 1520.